The van der Waals surface area contributed by atoms with Crippen LogP contribution in [0.3, 0.4) is 0 Å². The average molecular weight is 430 g/mol. The maximum atomic E-state index is 12.9. The fourth-order valence-electron chi connectivity index (χ4n) is 3.23. The molecule has 2 aliphatic rings. The minimum Gasteiger partial charge on any atom is -0.399 e. The average Bonchev–Trinajstić information content (AvgIpc) is 2.88. The highest BCUT2D eigenvalue weighted by atomic mass is 35.5. The molecule has 8 nitrogen and oxygen atoms in total. The van der Waals surface area contributed by atoms with Crippen LogP contribution in [0.2, 0.25) is 0 Å². The van der Waals surface area contributed by atoms with Crippen molar-refractivity contribution in [1.29, 1.82) is 0 Å². The zero-order chi connectivity index (χ0) is 20.7. The van der Waals surface area contributed by atoms with Crippen LogP contribution in [-0.2, 0) is 23.9 Å². The van der Waals surface area contributed by atoms with Gasteiger partial charge in [-0.2, -0.15) is 0 Å². The molecule has 0 saturated carbocycles. The van der Waals surface area contributed by atoms with Gasteiger partial charge in [0.15, 0.2) is 0 Å². The Balaban J connectivity index is 1.77. The molecule has 3 rings (SSSR count). The van der Waals surface area contributed by atoms with Crippen molar-refractivity contribution in [2.24, 2.45) is 0 Å². The second-order valence-corrected chi connectivity index (χ2v) is 10.6. The number of sulfone groups is 1. The molecule has 28 heavy (non-hydrogen) atoms. The molecule has 0 N–H and O–H groups in total. The summed E-state index contributed by atoms with van der Waals surface area (Å²) in [6.07, 6.45) is 3.90. The quantitative estimate of drug-likeness (QED) is 0.396. The minimum absolute atomic E-state index is 0.107. The second-order valence-electron chi connectivity index (χ2n) is 8.17. The molecule has 0 spiro atoms. The third kappa shape index (κ3) is 3.92. The number of likely N-dealkylation sites (tertiary alicyclic amines) is 1. The van der Waals surface area contributed by atoms with E-state index in [1.165, 1.54) is 17.3 Å². The molecule has 154 valence electrons. The van der Waals surface area contributed by atoms with E-state index < -0.39 is 33.4 Å². The first-order valence-electron chi connectivity index (χ1n) is 9.23. The summed E-state index contributed by atoms with van der Waals surface area (Å²) in [6.45, 7) is 8.36. The number of rotatable bonds is 4. The molecule has 11 heteroatoms. The smallest absolute Gasteiger partial charge is 0.399 e. The molecule has 1 aromatic rings. The molecule has 1 aromatic heterocycles. The third-order valence-electron chi connectivity index (χ3n) is 5.71. The number of hydrogen-bond donors (Lipinski definition) is 0. The van der Waals surface area contributed by atoms with Crippen LogP contribution in [0.15, 0.2) is 17.6 Å². The fraction of sp³-hybridized carbons (Fsp3) is 0.706. The van der Waals surface area contributed by atoms with Gasteiger partial charge in [-0.25, -0.2) is 18.4 Å². The molecule has 2 saturated heterocycles. The van der Waals surface area contributed by atoms with Crippen LogP contribution in [0.25, 0.3) is 0 Å². The first-order valence-corrected chi connectivity index (χ1v) is 11.3. The van der Waals surface area contributed by atoms with Crippen molar-refractivity contribution in [2.75, 3.05) is 19.0 Å². The minimum atomic E-state index is -3.76. The molecule has 0 unspecified atom stereocenters. The molecule has 2 fully saturated rings. The number of amides is 1. The second kappa shape index (κ2) is 7.55. The van der Waals surface area contributed by atoms with Gasteiger partial charge in [-0.05, 0) is 40.5 Å². The molecular weight excluding hydrogens is 405 g/mol. The van der Waals surface area contributed by atoms with Crippen LogP contribution in [0.5, 0.6) is 0 Å². The van der Waals surface area contributed by atoms with Gasteiger partial charge in [0, 0.05) is 30.9 Å². The van der Waals surface area contributed by atoms with Gasteiger partial charge < -0.3 is 14.2 Å². The summed E-state index contributed by atoms with van der Waals surface area (Å²) in [4.78, 5) is 21.4. The van der Waals surface area contributed by atoms with E-state index in [1.807, 2.05) is 27.7 Å². The van der Waals surface area contributed by atoms with E-state index in [-0.39, 0.29) is 23.5 Å². The fourth-order valence-corrected chi connectivity index (χ4v) is 4.95. The van der Waals surface area contributed by atoms with Gasteiger partial charge in [0.05, 0.1) is 16.5 Å². The molecule has 0 radical (unpaired) electrons. The van der Waals surface area contributed by atoms with Crippen molar-refractivity contribution < 1.29 is 22.5 Å². The number of carbonyl (C=O) groups is 1. The van der Waals surface area contributed by atoms with Gasteiger partial charge in [-0.15, -0.1) is 11.6 Å². The van der Waals surface area contributed by atoms with E-state index in [1.54, 1.807) is 0 Å². The van der Waals surface area contributed by atoms with E-state index >= 15 is 0 Å². The Morgan fingerprint density at radius 2 is 1.82 bits per heavy atom. The summed E-state index contributed by atoms with van der Waals surface area (Å²) < 4.78 is 37.7. The Morgan fingerprint density at radius 3 is 2.36 bits per heavy atom. The van der Waals surface area contributed by atoms with Gasteiger partial charge in [0.25, 0.3) is 0 Å². The Bertz CT molecular complexity index is 831. The molecule has 3 heterocycles. The van der Waals surface area contributed by atoms with Crippen LogP contribution in [0.1, 0.15) is 40.5 Å². The van der Waals surface area contributed by atoms with Crippen molar-refractivity contribution in [3.8, 4) is 0 Å². The number of halogens is 1. The lowest BCUT2D eigenvalue weighted by atomic mass is 9.81. The summed E-state index contributed by atoms with van der Waals surface area (Å²) in [6, 6.07) is 0. The maximum Gasteiger partial charge on any atom is 0.498 e. The van der Waals surface area contributed by atoms with Gasteiger partial charge in [-0.1, -0.05) is 0 Å². The predicted octanol–water partition coefficient (Wildman–Crippen LogP) is 0.779. The summed E-state index contributed by atoms with van der Waals surface area (Å²) >= 11 is 5.59. The number of aromatic nitrogens is 2. The highest BCUT2D eigenvalue weighted by Gasteiger charge is 2.52. The van der Waals surface area contributed by atoms with E-state index in [0.717, 1.165) is 0 Å². The number of hydrogen-bond acceptors (Lipinski definition) is 7. The molecule has 1 atom stereocenters. The van der Waals surface area contributed by atoms with Gasteiger partial charge in [0.1, 0.15) is 5.88 Å². The standard InChI is InChI=1S/C17H25BClN3O5S/c1-16(2)17(3,4)27-18(26-16)12-9-20-15(21-10-12)28(24,25)13-6-5-7-22(11-13)14(23)8-19/h9-10,13H,5-8,11H2,1-4H3/t13-/m0/s1. The van der Waals surface area contributed by atoms with Crippen molar-refractivity contribution >= 4 is 39.9 Å². The number of carbonyl (C=O) groups excluding carboxylic acids is 1. The highest BCUT2D eigenvalue weighted by Crippen LogP contribution is 2.36. The summed E-state index contributed by atoms with van der Waals surface area (Å²) in [7, 11) is -4.42. The lowest BCUT2D eigenvalue weighted by Gasteiger charge is -2.32. The van der Waals surface area contributed by atoms with Crippen molar-refractivity contribution in [3.63, 3.8) is 0 Å². The number of piperidine rings is 1. The molecule has 0 aromatic carbocycles. The summed E-state index contributed by atoms with van der Waals surface area (Å²) in [5.41, 5.74) is -0.466. The number of nitrogens with zero attached hydrogens (tertiary/aromatic N) is 3. The van der Waals surface area contributed by atoms with Crippen LogP contribution < -0.4 is 5.46 Å². The molecular formula is C17H25BClN3O5S. The zero-order valence-corrected chi connectivity index (χ0v) is 18.1. The monoisotopic (exact) mass is 429 g/mol. The van der Waals surface area contributed by atoms with E-state index in [9.17, 15) is 13.2 Å². The van der Waals surface area contributed by atoms with Crippen molar-refractivity contribution in [1.82, 2.24) is 14.9 Å². The number of alkyl halides is 1. The lowest BCUT2D eigenvalue weighted by Crippen LogP contribution is -2.46. The van der Waals surface area contributed by atoms with Crippen molar-refractivity contribution in [3.05, 3.63) is 12.4 Å². The first-order chi connectivity index (χ1) is 13.0. The Labute approximate surface area is 171 Å². The van der Waals surface area contributed by atoms with Gasteiger partial charge in [0.2, 0.25) is 20.9 Å². The van der Waals surface area contributed by atoms with Crippen LogP contribution >= 0.6 is 11.6 Å². The van der Waals surface area contributed by atoms with Crippen LogP contribution in [-0.4, -0.2) is 71.7 Å². The maximum absolute atomic E-state index is 12.9. The largest absolute Gasteiger partial charge is 0.498 e. The van der Waals surface area contributed by atoms with Crippen LogP contribution in [0.4, 0.5) is 0 Å². The molecule has 0 bridgehead atoms. The predicted molar refractivity (Wildman–Crippen MR) is 105 cm³/mol. The third-order valence-corrected chi connectivity index (χ3v) is 7.92. The Hall–Kier alpha value is -1.23. The van der Waals surface area contributed by atoms with Crippen LogP contribution in [0, 0.1) is 0 Å². The SMILES string of the molecule is CC1(C)OB(c2cnc(S(=O)(=O)[C@H]3CCCN(C(=O)CCl)C3)nc2)OC1(C)C. The normalized spacial score (nSPS) is 24.4. The van der Waals surface area contributed by atoms with E-state index in [4.69, 9.17) is 20.9 Å². The van der Waals surface area contributed by atoms with E-state index in [0.29, 0.717) is 24.8 Å². The molecule has 2 aliphatic heterocycles. The lowest BCUT2D eigenvalue weighted by molar-refractivity contribution is -0.129. The summed E-state index contributed by atoms with van der Waals surface area (Å²) in [5, 5.41) is -0.992. The Kier molecular flexibility index (Phi) is 5.79. The molecule has 1 amide bonds. The Morgan fingerprint density at radius 1 is 1.25 bits per heavy atom. The van der Waals surface area contributed by atoms with E-state index in [2.05, 4.69) is 9.97 Å². The molecule has 0 aliphatic carbocycles. The van der Waals surface area contributed by atoms with Crippen molar-refractivity contribution in [2.45, 2.75) is 62.1 Å². The zero-order valence-electron chi connectivity index (χ0n) is 16.5. The first kappa shape index (κ1) is 21.5. The van der Waals surface area contributed by atoms with Gasteiger partial charge >= 0.3 is 7.12 Å². The van der Waals surface area contributed by atoms with Gasteiger partial charge in [-0.3, -0.25) is 4.79 Å². The summed E-state index contributed by atoms with van der Waals surface area (Å²) in [5.74, 6) is -0.426. The highest BCUT2D eigenvalue weighted by molar-refractivity contribution is 7.91. The topological polar surface area (TPSA) is 98.7 Å².